The van der Waals surface area contributed by atoms with Crippen molar-refractivity contribution in [1.82, 2.24) is 4.90 Å². The van der Waals surface area contributed by atoms with Crippen LogP contribution in [0.1, 0.15) is 12.5 Å². The van der Waals surface area contributed by atoms with Gasteiger partial charge in [-0.3, -0.25) is 4.79 Å². The van der Waals surface area contributed by atoms with Gasteiger partial charge in [0.05, 0.1) is 22.7 Å². The maximum Gasteiger partial charge on any atom is 0.282 e. The maximum atomic E-state index is 13.1. The minimum Gasteiger partial charge on any atom is -0.376 e. The molecular weight excluding hydrogens is 357 g/mol. The van der Waals surface area contributed by atoms with Crippen molar-refractivity contribution in [2.45, 2.75) is 6.92 Å². The van der Waals surface area contributed by atoms with E-state index in [0.29, 0.717) is 27.0 Å². The summed E-state index contributed by atoms with van der Waals surface area (Å²) < 4.78 is 0. The second-order valence-corrected chi connectivity index (χ2v) is 6.78. The first-order valence-electron chi connectivity index (χ1n) is 7.71. The first-order chi connectivity index (χ1) is 11.9. The Labute approximate surface area is 157 Å². The molecule has 0 spiro atoms. The van der Waals surface area contributed by atoms with Crippen molar-refractivity contribution >= 4 is 46.2 Å². The van der Waals surface area contributed by atoms with Gasteiger partial charge in [0.15, 0.2) is 0 Å². The first-order valence-corrected chi connectivity index (χ1v) is 8.47. The molecule has 0 N–H and O–H groups in total. The number of nitrogens with zero attached hydrogens (tertiary/aromatic N) is 3. The van der Waals surface area contributed by atoms with Gasteiger partial charge in [-0.05, 0) is 48.9 Å². The summed E-state index contributed by atoms with van der Waals surface area (Å²) in [5.41, 5.74) is 3.63. The zero-order valence-corrected chi connectivity index (χ0v) is 15.6. The van der Waals surface area contributed by atoms with Crippen LogP contribution in [0, 0.1) is 0 Å². The Morgan fingerprint density at radius 3 is 2.00 bits per heavy atom. The number of rotatable bonds is 3. The van der Waals surface area contributed by atoms with Crippen molar-refractivity contribution in [3.8, 4) is 0 Å². The Morgan fingerprint density at radius 2 is 1.48 bits per heavy atom. The Bertz CT molecular complexity index is 869. The third kappa shape index (κ3) is 3.41. The smallest absolute Gasteiger partial charge is 0.282 e. The van der Waals surface area contributed by atoms with Gasteiger partial charge in [-0.25, -0.2) is 0 Å². The van der Waals surface area contributed by atoms with Crippen LogP contribution < -0.4 is 5.01 Å². The molecule has 0 unspecified atom stereocenters. The van der Waals surface area contributed by atoms with E-state index < -0.39 is 0 Å². The summed E-state index contributed by atoms with van der Waals surface area (Å²) in [4.78, 5) is 15.0. The van der Waals surface area contributed by atoms with Gasteiger partial charge >= 0.3 is 0 Å². The Kier molecular flexibility index (Phi) is 4.84. The van der Waals surface area contributed by atoms with Crippen LogP contribution in [-0.4, -0.2) is 30.6 Å². The highest BCUT2D eigenvalue weighted by Gasteiger charge is 2.32. The van der Waals surface area contributed by atoms with Gasteiger partial charge in [0.1, 0.15) is 0 Å². The standard InChI is InChI=1S/C19H17Cl2N3O/c1-12-17(18(23(2)3)13-4-6-14(20)7-5-13)19(25)24(22-12)16-10-8-15(21)9-11-16/h4-11H,1-3H3/b18-17-. The summed E-state index contributed by atoms with van der Waals surface area (Å²) in [6, 6.07) is 14.4. The number of benzene rings is 2. The van der Waals surface area contributed by atoms with Crippen LogP contribution >= 0.6 is 23.2 Å². The molecule has 1 aliphatic rings. The van der Waals surface area contributed by atoms with Gasteiger partial charge in [0, 0.05) is 24.1 Å². The lowest BCUT2D eigenvalue weighted by Crippen LogP contribution is -2.24. The van der Waals surface area contributed by atoms with Gasteiger partial charge < -0.3 is 4.90 Å². The quantitative estimate of drug-likeness (QED) is 0.731. The highest BCUT2D eigenvalue weighted by Crippen LogP contribution is 2.31. The zero-order valence-electron chi connectivity index (χ0n) is 14.1. The van der Waals surface area contributed by atoms with Crippen molar-refractivity contribution in [1.29, 1.82) is 0 Å². The molecule has 4 nitrogen and oxygen atoms in total. The monoisotopic (exact) mass is 373 g/mol. The second kappa shape index (κ2) is 6.90. The summed E-state index contributed by atoms with van der Waals surface area (Å²) in [6.45, 7) is 1.84. The Morgan fingerprint density at radius 1 is 0.960 bits per heavy atom. The van der Waals surface area contributed by atoms with Crippen LogP contribution in [0.25, 0.3) is 5.70 Å². The molecule has 0 aromatic heterocycles. The molecule has 2 aromatic rings. The third-order valence-corrected chi connectivity index (χ3v) is 4.39. The van der Waals surface area contributed by atoms with Crippen molar-refractivity contribution in [3.63, 3.8) is 0 Å². The van der Waals surface area contributed by atoms with E-state index in [1.165, 1.54) is 5.01 Å². The molecule has 0 radical (unpaired) electrons. The van der Waals surface area contributed by atoms with Crippen LogP contribution in [0.5, 0.6) is 0 Å². The van der Waals surface area contributed by atoms with E-state index in [-0.39, 0.29) is 5.91 Å². The van der Waals surface area contributed by atoms with Crippen LogP contribution in [0.15, 0.2) is 59.2 Å². The van der Waals surface area contributed by atoms with Crippen LogP contribution in [0.4, 0.5) is 5.69 Å². The zero-order chi connectivity index (χ0) is 18.1. The summed E-state index contributed by atoms with van der Waals surface area (Å²) in [6.07, 6.45) is 0. The Balaban J connectivity index is 2.09. The van der Waals surface area contributed by atoms with Gasteiger partial charge in [-0.1, -0.05) is 35.3 Å². The predicted molar refractivity (Wildman–Crippen MR) is 104 cm³/mol. The fourth-order valence-electron chi connectivity index (χ4n) is 2.77. The lowest BCUT2D eigenvalue weighted by Gasteiger charge is -2.20. The van der Waals surface area contributed by atoms with E-state index >= 15 is 0 Å². The summed E-state index contributed by atoms with van der Waals surface area (Å²) >= 11 is 11.9. The number of halogens is 2. The van der Waals surface area contributed by atoms with Gasteiger partial charge in [-0.2, -0.15) is 10.1 Å². The molecule has 1 aliphatic heterocycles. The Hall–Kier alpha value is -2.30. The van der Waals surface area contributed by atoms with Gasteiger partial charge in [-0.15, -0.1) is 0 Å². The number of hydrazone groups is 1. The highest BCUT2D eigenvalue weighted by atomic mass is 35.5. The fraction of sp³-hybridized carbons (Fsp3) is 0.158. The fourth-order valence-corrected chi connectivity index (χ4v) is 3.02. The normalized spacial score (nSPS) is 16.1. The number of amides is 1. The van der Waals surface area contributed by atoms with Crippen molar-refractivity contribution in [2.75, 3.05) is 19.1 Å². The molecule has 6 heteroatoms. The molecule has 128 valence electrons. The molecule has 0 atom stereocenters. The van der Waals surface area contributed by atoms with E-state index in [4.69, 9.17) is 23.2 Å². The summed E-state index contributed by atoms with van der Waals surface area (Å²) in [5, 5.41) is 7.11. The number of hydrogen-bond donors (Lipinski definition) is 0. The van der Waals surface area contributed by atoms with Crippen molar-refractivity contribution < 1.29 is 4.79 Å². The highest BCUT2D eigenvalue weighted by molar-refractivity contribution is 6.34. The summed E-state index contributed by atoms with van der Waals surface area (Å²) in [7, 11) is 3.81. The minimum absolute atomic E-state index is 0.168. The molecule has 0 fully saturated rings. The van der Waals surface area contributed by atoms with E-state index in [0.717, 1.165) is 11.3 Å². The summed E-state index contributed by atoms with van der Waals surface area (Å²) in [5.74, 6) is -0.168. The molecule has 0 bridgehead atoms. The first kappa shape index (κ1) is 17.5. The lowest BCUT2D eigenvalue weighted by molar-refractivity contribution is -0.114. The molecule has 2 aromatic carbocycles. The van der Waals surface area contributed by atoms with Gasteiger partial charge in [0.2, 0.25) is 0 Å². The molecule has 3 rings (SSSR count). The second-order valence-electron chi connectivity index (χ2n) is 5.90. The maximum absolute atomic E-state index is 13.1. The lowest BCUT2D eigenvalue weighted by atomic mass is 10.0. The average molecular weight is 374 g/mol. The third-order valence-electron chi connectivity index (χ3n) is 3.89. The molecule has 1 heterocycles. The predicted octanol–water partition coefficient (Wildman–Crippen LogP) is 4.69. The average Bonchev–Trinajstić information content (AvgIpc) is 2.86. The molecule has 0 saturated carbocycles. The van der Waals surface area contributed by atoms with E-state index in [9.17, 15) is 4.79 Å². The number of carbonyl (C=O) groups excluding carboxylic acids is 1. The minimum atomic E-state index is -0.168. The number of anilines is 1. The van der Waals surface area contributed by atoms with Crippen LogP contribution in [-0.2, 0) is 4.79 Å². The molecule has 0 aliphatic carbocycles. The van der Waals surface area contributed by atoms with E-state index in [2.05, 4.69) is 5.10 Å². The number of hydrogen-bond acceptors (Lipinski definition) is 3. The van der Waals surface area contributed by atoms with Gasteiger partial charge in [0.25, 0.3) is 5.91 Å². The molecular formula is C19H17Cl2N3O. The van der Waals surface area contributed by atoms with Crippen LogP contribution in [0.2, 0.25) is 10.0 Å². The molecule has 25 heavy (non-hydrogen) atoms. The number of carbonyl (C=O) groups is 1. The van der Waals surface area contributed by atoms with Crippen molar-refractivity contribution in [2.24, 2.45) is 5.10 Å². The van der Waals surface area contributed by atoms with E-state index in [1.807, 2.05) is 50.2 Å². The van der Waals surface area contributed by atoms with Crippen molar-refractivity contribution in [3.05, 3.63) is 69.7 Å². The van der Waals surface area contributed by atoms with E-state index in [1.54, 1.807) is 24.3 Å². The molecule has 1 amide bonds. The van der Waals surface area contributed by atoms with Crippen LogP contribution in [0.3, 0.4) is 0 Å². The molecule has 0 saturated heterocycles. The topological polar surface area (TPSA) is 35.9 Å². The largest absolute Gasteiger partial charge is 0.376 e. The SMILES string of the molecule is CC1=NN(c2ccc(Cl)cc2)C(=O)/C1=C(/c1ccc(Cl)cc1)N(C)C.